The number of likely N-dealkylation sites (N-methyl/N-ethyl adjacent to an activating group) is 1. The molecule has 1 amide bonds. The fourth-order valence-corrected chi connectivity index (χ4v) is 4.28. The first-order chi connectivity index (χ1) is 13.9. The van der Waals surface area contributed by atoms with Crippen molar-refractivity contribution in [2.45, 2.75) is 46.3 Å². The number of nitrogens with zero attached hydrogens (tertiary/aromatic N) is 5. The zero-order valence-electron chi connectivity index (χ0n) is 17.1. The summed E-state index contributed by atoms with van der Waals surface area (Å²) >= 11 is 1.50. The topological polar surface area (TPSA) is 86.3 Å². The lowest BCUT2D eigenvalue weighted by Gasteiger charge is -2.16. The van der Waals surface area contributed by atoms with Crippen LogP contribution in [0.5, 0.6) is 0 Å². The number of amides is 1. The minimum absolute atomic E-state index is 0.00807. The lowest BCUT2D eigenvalue weighted by Crippen LogP contribution is -2.28. The molecule has 29 heavy (non-hydrogen) atoms. The molecule has 8 nitrogen and oxygen atoms in total. The molecule has 1 aliphatic rings. The van der Waals surface area contributed by atoms with Crippen LogP contribution in [0.1, 0.15) is 51.5 Å². The normalized spacial score (nSPS) is 13.7. The minimum atomic E-state index is 0.00807. The van der Waals surface area contributed by atoms with Gasteiger partial charge >= 0.3 is 0 Å². The molecule has 0 saturated carbocycles. The van der Waals surface area contributed by atoms with E-state index in [1.54, 1.807) is 11.9 Å². The zero-order valence-corrected chi connectivity index (χ0v) is 18.0. The number of rotatable bonds is 6. The van der Waals surface area contributed by atoms with E-state index in [4.69, 9.17) is 14.4 Å². The first-order valence-electron chi connectivity index (χ1n) is 9.77. The van der Waals surface area contributed by atoms with Crippen LogP contribution in [0.15, 0.2) is 16.7 Å². The van der Waals surface area contributed by atoms with E-state index in [1.165, 1.54) is 17.0 Å². The van der Waals surface area contributed by atoms with Crippen molar-refractivity contribution >= 4 is 17.2 Å². The monoisotopic (exact) mass is 415 g/mol. The third-order valence-electron chi connectivity index (χ3n) is 4.98. The van der Waals surface area contributed by atoms with Crippen LogP contribution < -0.4 is 0 Å². The average Bonchev–Trinajstić information content (AvgIpc) is 3.43. The SMILES string of the molecule is Cc1ccc(C(=O)N(C)CCc2noc(-c3nn(C(C)C)c4c3COCC4)n2)s1. The van der Waals surface area contributed by atoms with Crippen molar-refractivity contribution in [3.8, 4) is 11.6 Å². The van der Waals surface area contributed by atoms with Crippen molar-refractivity contribution < 1.29 is 14.1 Å². The van der Waals surface area contributed by atoms with Crippen LogP contribution in [0.4, 0.5) is 0 Å². The van der Waals surface area contributed by atoms with Crippen LogP contribution >= 0.6 is 11.3 Å². The molecule has 0 spiro atoms. The predicted octanol–water partition coefficient (Wildman–Crippen LogP) is 3.27. The molecular weight excluding hydrogens is 390 g/mol. The van der Waals surface area contributed by atoms with Crippen molar-refractivity contribution in [2.24, 2.45) is 0 Å². The van der Waals surface area contributed by atoms with E-state index >= 15 is 0 Å². The largest absolute Gasteiger partial charge is 0.376 e. The maximum atomic E-state index is 12.5. The van der Waals surface area contributed by atoms with Crippen molar-refractivity contribution in [2.75, 3.05) is 20.2 Å². The second kappa shape index (κ2) is 8.08. The average molecular weight is 416 g/mol. The Morgan fingerprint density at radius 3 is 2.93 bits per heavy atom. The summed E-state index contributed by atoms with van der Waals surface area (Å²) < 4.78 is 13.1. The molecule has 1 aliphatic heterocycles. The summed E-state index contributed by atoms with van der Waals surface area (Å²) in [5, 5.41) is 8.81. The summed E-state index contributed by atoms with van der Waals surface area (Å²) in [6.07, 6.45) is 1.34. The molecule has 0 radical (unpaired) electrons. The standard InChI is InChI=1S/C20H25N5O3S/c1-12(2)25-15-8-10-27-11-14(15)18(22-25)19-21-17(23-28-19)7-9-24(4)20(26)16-6-5-13(3)29-16/h5-6,12H,7-11H2,1-4H3. The highest BCUT2D eigenvalue weighted by molar-refractivity contribution is 7.13. The molecule has 0 bridgehead atoms. The minimum Gasteiger partial charge on any atom is -0.376 e. The summed E-state index contributed by atoms with van der Waals surface area (Å²) in [7, 11) is 1.79. The summed E-state index contributed by atoms with van der Waals surface area (Å²) in [5.41, 5.74) is 2.91. The Bertz CT molecular complexity index is 1020. The predicted molar refractivity (Wildman–Crippen MR) is 109 cm³/mol. The van der Waals surface area contributed by atoms with Gasteiger partial charge < -0.3 is 14.2 Å². The molecule has 0 N–H and O–H groups in total. The fraction of sp³-hybridized carbons (Fsp3) is 0.500. The number of thiophene rings is 1. The number of aromatic nitrogens is 4. The van der Waals surface area contributed by atoms with E-state index < -0.39 is 0 Å². The first-order valence-corrected chi connectivity index (χ1v) is 10.6. The first kappa shape index (κ1) is 19.8. The lowest BCUT2D eigenvalue weighted by atomic mass is 10.1. The second-order valence-electron chi connectivity index (χ2n) is 7.52. The van der Waals surface area contributed by atoms with Crippen LogP contribution in [0.3, 0.4) is 0 Å². The maximum absolute atomic E-state index is 12.5. The third kappa shape index (κ3) is 3.97. The number of carbonyl (C=O) groups excluding carboxylic acids is 1. The van der Waals surface area contributed by atoms with Gasteiger partial charge in [-0.3, -0.25) is 9.48 Å². The molecule has 0 saturated heterocycles. The van der Waals surface area contributed by atoms with Crippen LogP contribution in [0.2, 0.25) is 0 Å². The molecule has 0 aromatic carbocycles. The van der Waals surface area contributed by atoms with Gasteiger partial charge in [0.2, 0.25) is 0 Å². The zero-order chi connectivity index (χ0) is 20.5. The Balaban J connectivity index is 1.47. The van der Waals surface area contributed by atoms with Gasteiger partial charge in [-0.05, 0) is 32.9 Å². The smallest absolute Gasteiger partial charge is 0.278 e. The molecule has 9 heteroatoms. The molecule has 3 aromatic heterocycles. The van der Waals surface area contributed by atoms with E-state index in [-0.39, 0.29) is 11.9 Å². The number of ether oxygens (including phenoxy) is 1. The number of hydrogen-bond donors (Lipinski definition) is 0. The molecule has 154 valence electrons. The Morgan fingerprint density at radius 1 is 1.38 bits per heavy atom. The number of hydrogen-bond acceptors (Lipinski definition) is 7. The highest BCUT2D eigenvalue weighted by Crippen LogP contribution is 2.30. The highest BCUT2D eigenvalue weighted by atomic mass is 32.1. The molecule has 0 fully saturated rings. The van der Waals surface area contributed by atoms with Crippen molar-refractivity contribution in [3.05, 3.63) is 39.0 Å². The van der Waals surface area contributed by atoms with Gasteiger partial charge in [-0.15, -0.1) is 11.3 Å². The van der Waals surface area contributed by atoms with Crippen molar-refractivity contribution in [1.29, 1.82) is 0 Å². The summed E-state index contributed by atoms with van der Waals surface area (Å²) in [6.45, 7) is 7.92. The Labute approximate surface area is 173 Å². The van der Waals surface area contributed by atoms with Gasteiger partial charge in [0.15, 0.2) is 11.5 Å². The molecule has 0 aliphatic carbocycles. The molecule has 0 unspecified atom stereocenters. The number of aryl methyl sites for hydroxylation is 1. The van der Waals surface area contributed by atoms with Gasteiger partial charge in [-0.25, -0.2) is 0 Å². The van der Waals surface area contributed by atoms with Crippen LogP contribution in [0, 0.1) is 6.92 Å². The van der Waals surface area contributed by atoms with Crippen LogP contribution in [0.25, 0.3) is 11.6 Å². The lowest BCUT2D eigenvalue weighted by molar-refractivity contribution is 0.0800. The summed E-state index contributed by atoms with van der Waals surface area (Å²) in [4.78, 5) is 20.6. The fourth-order valence-electron chi connectivity index (χ4n) is 3.42. The van der Waals surface area contributed by atoms with Crippen LogP contribution in [-0.2, 0) is 24.2 Å². The van der Waals surface area contributed by atoms with E-state index in [1.807, 2.05) is 23.7 Å². The van der Waals surface area contributed by atoms with Crippen LogP contribution in [-0.4, -0.2) is 50.9 Å². The van der Waals surface area contributed by atoms with E-state index in [2.05, 4.69) is 24.0 Å². The van der Waals surface area contributed by atoms with E-state index in [0.29, 0.717) is 43.6 Å². The summed E-state index contributed by atoms with van der Waals surface area (Å²) in [5.74, 6) is 0.976. The van der Waals surface area contributed by atoms with Gasteiger partial charge in [0.25, 0.3) is 11.8 Å². The molecule has 4 heterocycles. The number of carbonyl (C=O) groups is 1. The number of fused-ring (bicyclic) bond motifs is 1. The van der Waals surface area contributed by atoms with E-state index in [9.17, 15) is 4.79 Å². The third-order valence-corrected chi connectivity index (χ3v) is 5.97. The Kier molecular flexibility index (Phi) is 5.51. The van der Waals surface area contributed by atoms with Crippen molar-refractivity contribution in [3.63, 3.8) is 0 Å². The van der Waals surface area contributed by atoms with Gasteiger partial charge in [-0.1, -0.05) is 5.16 Å². The maximum Gasteiger partial charge on any atom is 0.278 e. The highest BCUT2D eigenvalue weighted by Gasteiger charge is 2.26. The van der Waals surface area contributed by atoms with E-state index in [0.717, 1.165) is 21.7 Å². The molecular formula is C20H25N5O3S. The van der Waals surface area contributed by atoms with Gasteiger partial charge in [-0.2, -0.15) is 10.1 Å². The Hall–Kier alpha value is -2.52. The van der Waals surface area contributed by atoms with Gasteiger partial charge in [0.05, 0.1) is 18.1 Å². The van der Waals surface area contributed by atoms with Crippen molar-refractivity contribution in [1.82, 2.24) is 24.8 Å². The van der Waals surface area contributed by atoms with Gasteiger partial charge in [0.1, 0.15) is 0 Å². The molecule has 3 aromatic rings. The Morgan fingerprint density at radius 2 is 2.21 bits per heavy atom. The van der Waals surface area contributed by atoms with Gasteiger partial charge in [0, 0.05) is 48.6 Å². The molecule has 0 atom stereocenters. The summed E-state index contributed by atoms with van der Waals surface area (Å²) in [6, 6.07) is 4.07. The molecule has 4 rings (SSSR count). The second-order valence-corrected chi connectivity index (χ2v) is 8.81. The quantitative estimate of drug-likeness (QED) is 0.614.